The Morgan fingerprint density at radius 1 is 1.10 bits per heavy atom. The van der Waals surface area contributed by atoms with Crippen LogP contribution < -0.4 is 4.74 Å². The highest BCUT2D eigenvalue weighted by atomic mass is 16.5. The van der Waals surface area contributed by atoms with Crippen LogP contribution in [-0.4, -0.2) is 30.0 Å². The van der Waals surface area contributed by atoms with Crippen molar-refractivity contribution in [1.82, 2.24) is 4.90 Å². The van der Waals surface area contributed by atoms with E-state index in [9.17, 15) is 4.79 Å². The van der Waals surface area contributed by atoms with Gasteiger partial charge in [-0.05, 0) is 49.3 Å². The van der Waals surface area contributed by atoms with Gasteiger partial charge in [-0.2, -0.15) is 0 Å². The van der Waals surface area contributed by atoms with Crippen LogP contribution in [0.5, 0.6) is 5.75 Å². The highest BCUT2D eigenvalue weighted by molar-refractivity contribution is 5.81. The van der Waals surface area contributed by atoms with Gasteiger partial charge in [-0.25, -0.2) is 0 Å². The minimum Gasteiger partial charge on any atom is -0.481 e. The predicted octanol–water partition coefficient (Wildman–Crippen LogP) is 3.76. The van der Waals surface area contributed by atoms with Gasteiger partial charge in [-0.1, -0.05) is 32.9 Å². The SMILES string of the molecule is C[C@H](Oc1ccc(C(C)(C)C)cc1)C(=O)N1CCCCC1. The van der Waals surface area contributed by atoms with Crippen molar-refractivity contribution in [2.24, 2.45) is 0 Å². The second kappa shape index (κ2) is 6.50. The van der Waals surface area contributed by atoms with Crippen LogP contribution in [-0.2, 0) is 10.2 Å². The molecule has 3 nitrogen and oxygen atoms in total. The predicted molar refractivity (Wildman–Crippen MR) is 85.7 cm³/mol. The van der Waals surface area contributed by atoms with E-state index >= 15 is 0 Å². The van der Waals surface area contributed by atoms with Crippen LogP contribution in [0.1, 0.15) is 52.5 Å². The number of piperidine rings is 1. The van der Waals surface area contributed by atoms with Crippen molar-refractivity contribution in [2.75, 3.05) is 13.1 Å². The molecular weight excluding hydrogens is 262 g/mol. The highest BCUT2D eigenvalue weighted by Crippen LogP contribution is 2.25. The van der Waals surface area contributed by atoms with E-state index in [1.165, 1.54) is 12.0 Å². The zero-order valence-electron chi connectivity index (χ0n) is 13.7. The molecule has 1 heterocycles. The third-order valence-corrected chi connectivity index (χ3v) is 4.05. The summed E-state index contributed by atoms with van der Waals surface area (Å²) in [5.74, 6) is 0.871. The van der Waals surface area contributed by atoms with Gasteiger partial charge < -0.3 is 9.64 Å². The summed E-state index contributed by atoms with van der Waals surface area (Å²) < 4.78 is 5.81. The smallest absolute Gasteiger partial charge is 0.263 e. The Balaban J connectivity index is 1.95. The minimum absolute atomic E-state index is 0.106. The summed E-state index contributed by atoms with van der Waals surface area (Å²) in [6, 6.07) is 8.07. The Labute approximate surface area is 128 Å². The average molecular weight is 289 g/mol. The fourth-order valence-corrected chi connectivity index (χ4v) is 2.66. The van der Waals surface area contributed by atoms with Gasteiger partial charge in [0.2, 0.25) is 0 Å². The van der Waals surface area contributed by atoms with Crippen LogP contribution in [0.2, 0.25) is 0 Å². The number of hydrogen-bond donors (Lipinski definition) is 0. The Kier molecular flexibility index (Phi) is 4.92. The molecule has 2 rings (SSSR count). The molecule has 116 valence electrons. The molecule has 0 saturated carbocycles. The monoisotopic (exact) mass is 289 g/mol. The molecule has 21 heavy (non-hydrogen) atoms. The highest BCUT2D eigenvalue weighted by Gasteiger charge is 2.23. The van der Waals surface area contributed by atoms with E-state index in [4.69, 9.17) is 4.74 Å². The van der Waals surface area contributed by atoms with Crippen LogP contribution in [0.25, 0.3) is 0 Å². The first-order valence-electron chi connectivity index (χ1n) is 7.94. The lowest BCUT2D eigenvalue weighted by Gasteiger charge is -2.29. The number of nitrogens with zero attached hydrogens (tertiary/aromatic N) is 1. The maximum Gasteiger partial charge on any atom is 0.263 e. The quantitative estimate of drug-likeness (QED) is 0.848. The lowest BCUT2D eigenvalue weighted by Crippen LogP contribution is -2.43. The van der Waals surface area contributed by atoms with Crippen molar-refractivity contribution >= 4 is 5.91 Å². The third kappa shape index (κ3) is 4.23. The van der Waals surface area contributed by atoms with Gasteiger partial charge in [-0.3, -0.25) is 4.79 Å². The van der Waals surface area contributed by atoms with E-state index in [2.05, 4.69) is 32.9 Å². The van der Waals surface area contributed by atoms with Crippen LogP contribution in [0.15, 0.2) is 24.3 Å². The molecule has 1 atom stereocenters. The van der Waals surface area contributed by atoms with Crippen LogP contribution in [0.3, 0.4) is 0 Å². The van der Waals surface area contributed by atoms with E-state index in [1.807, 2.05) is 24.0 Å². The molecule has 1 aliphatic heterocycles. The zero-order valence-corrected chi connectivity index (χ0v) is 13.7. The van der Waals surface area contributed by atoms with E-state index in [0.717, 1.165) is 31.7 Å². The van der Waals surface area contributed by atoms with E-state index in [1.54, 1.807) is 0 Å². The summed E-state index contributed by atoms with van der Waals surface area (Å²) >= 11 is 0. The Bertz CT molecular complexity index is 467. The van der Waals surface area contributed by atoms with Crippen molar-refractivity contribution in [3.8, 4) is 5.75 Å². The summed E-state index contributed by atoms with van der Waals surface area (Å²) in [6.07, 6.45) is 3.04. The van der Waals surface area contributed by atoms with Crippen LogP contribution in [0.4, 0.5) is 0 Å². The minimum atomic E-state index is -0.413. The molecule has 1 aromatic rings. The number of carbonyl (C=O) groups is 1. The Hall–Kier alpha value is -1.51. The Morgan fingerprint density at radius 2 is 1.67 bits per heavy atom. The molecule has 1 saturated heterocycles. The second-order valence-corrected chi connectivity index (χ2v) is 6.92. The van der Waals surface area contributed by atoms with Crippen molar-refractivity contribution in [3.05, 3.63) is 29.8 Å². The molecule has 0 radical (unpaired) electrons. The molecule has 0 spiro atoms. The van der Waals surface area contributed by atoms with Crippen molar-refractivity contribution in [1.29, 1.82) is 0 Å². The molecule has 0 N–H and O–H groups in total. The number of rotatable bonds is 3. The lowest BCUT2D eigenvalue weighted by atomic mass is 9.87. The molecule has 0 aliphatic carbocycles. The summed E-state index contributed by atoms with van der Waals surface area (Å²) in [7, 11) is 0. The number of likely N-dealkylation sites (tertiary alicyclic amines) is 1. The van der Waals surface area contributed by atoms with E-state index < -0.39 is 6.10 Å². The molecule has 1 aromatic carbocycles. The van der Waals surface area contributed by atoms with Crippen molar-refractivity contribution in [2.45, 2.75) is 58.5 Å². The molecule has 1 fully saturated rings. The van der Waals surface area contributed by atoms with Gasteiger partial charge in [0.25, 0.3) is 5.91 Å². The summed E-state index contributed by atoms with van der Waals surface area (Å²) in [5.41, 5.74) is 1.40. The average Bonchev–Trinajstić information content (AvgIpc) is 2.47. The number of amides is 1. The molecular formula is C18H27NO2. The van der Waals surface area contributed by atoms with Crippen LogP contribution in [0, 0.1) is 0 Å². The van der Waals surface area contributed by atoms with Crippen molar-refractivity contribution < 1.29 is 9.53 Å². The summed E-state index contributed by atoms with van der Waals surface area (Å²) in [5, 5.41) is 0. The molecule has 1 amide bonds. The summed E-state index contributed by atoms with van der Waals surface area (Å²) in [6.45, 7) is 10.1. The fraction of sp³-hybridized carbons (Fsp3) is 0.611. The van der Waals surface area contributed by atoms with Gasteiger partial charge >= 0.3 is 0 Å². The van der Waals surface area contributed by atoms with Gasteiger partial charge in [0.15, 0.2) is 6.10 Å². The van der Waals surface area contributed by atoms with Crippen LogP contribution >= 0.6 is 0 Å². The van der Waals surface area contributed by atoms with E-state index in [0.29, 0.717) is 0 Å². The number of carbonyl (C=O) groups excluding carboxylic acids is 1. The molecule has 0 aromatic heterocycles. The fourth-order valence-electron chi connectivity index (χ4n) is 2.66. The normalized spacial score (nSPS) is 17.4. The maximum absolute atomic E-state index is 12.3. The second-order valence-electron chi connectivity index (χ2n) is 6.92. The first kappa shape index (κ1) is 15.9. The van der Waals surface area contributed by atoms with Crippen molar-refractivity contribution in [3.63, 3.8) is 0 Å². The van der Waals surface area contributed by atoms with Gasteiger partial charge in [0.1, 0.15) is 5.75 Å². The topological polar surface area (TPSA) is 29.5 Å². The first-order chi connectivity index (χ1) is 9.88. The van der Waals surface area contributed by atoms with E-state index in [-0.39, 0.29) is 11.3 Å². The number of hydrogen-bond acceptors (Lipinski definition) is 2. The first-order valence-corrected chi connectivity index (χ1v) is 7.94. The molecule has 0 unspecified atom stereocenters. The maximum atomic E-state index is 12.3. The molecule has 0 bridgehead atoms. The summed E-state index contributed by atoms with van der Waals surface area (Å²) in [4.78, 5) is 14.3. The van der Waals surface area contributed by atoms with Gasteiger partial charge in [-0.15, -0.1) is 0 Å². The molecule has 3 heteroatoms. The molecule has 1 aliphatic rings. The number of benzene rings is 1. The zero-order chi connectivity index (χ0) is 15.5. The van der Waals surface area contributed by atoms with Gasteiger partial charge in [0, 0.05) is 13.1 Å². The van der Waals surface area contributed by atoms with Gasteiger partial charge in [0.05, 0.1) is 0 Å². The largest absolute Gasteiger partial charge is 0.481 e. The Morgan fingerprint density at radius 3 is 2.19 bits per heavy atom. The third-order valence-electron chi connectivity index (χ3n) is 4.05. The standard InChI is InChI=1S/C18H27NO2/c1-14(17(20)19-12-6-5-7-13-19)21-16-10-8-15(9-11-16)18(2,3)4/h8-11,14H,5-7,12-13H2,1-4H3/t14-/m0/s1. The number of ether oxygens (including phenoxy) is 1. The lowest BCUT2D eigenvalue weighted by molar-refractivity contribution is -0.138.